The lowest BCUT2D eigenvalue weighted by molar-refractivity contribution is -0.129. The fourth-order valence-electron chi connectivity index (χ4n) is 4.37. The number of aryl methyl sites for hydroxylation is 1. The van der Waals surface area contributed by atoms with E-state index in [-0.39, 0.29) is 16.8 Å². The molecule has 0 atom stereocenters. The lowest BCUT2D eigenvalue weighted by Crippen LogP contribution is -2.42. The summed E-state index contributed by atoms with van der Waals surface area (Å²) in [6.45, 7) is 8.49. The zero-order valence-electron chi connectivity index (χ0n) is 21.0. The van der Waals surface area contributed by atoms with Crippen LogP contribution in [0.1, 0.15) is 29.3 Å². The Morgan fingerprint density at radius 3 is 2.44 bits per heavy atom. The summed E-state index contributed by atoms with van der Waals surface area (Å²) >= 11 is 0. The van der Waals surface area contributed by atoms with E-state index in [9.17, 15) is 13.2 Å². The van der Waals surface area contributed by atoms with E-state index in [1.807, 2.05) is 61.5 Å². The molecule has 2 heterocycles. The Morgan fingerprint density at radius 2 is 1.75 bits per heavy atom. The summed E-state index contributed by atoms with van der Waals surface area (Å²) in [7, 11) is -3.72. The van der Waals surface area contributed by atoms with Crippen molar-refractivity contribution in [2.24, 2.45) is 0 Å². The second-order valence-corrected chi connectivity index (χ2v) is 11.1. The highest BCUT2D eigenvalue weighted by molar-refractivity contribution is 7.90. The van der Waals surface area contributed by atoms with Crippen LogP contribution in [-0.2, 0) is 38.2 Å². The van der Waals surface area contributed by atoms with E-state index in [2.05, 4.69) is 9.88 Å². The van der Waals surface area contributed by atoms with Gasteiger partial charge >= 0.3 is 0 Å². The number of imidazole rings is 1. The first-order valence-electron chi connectivity index (χ1n) is 12.2. The van der Waals surface area contributed by atoms with Crippen molar-refractivity contribution in [1.82, 2.24) is 19.4 Å². The van der Waals surface area contributed by atoms with Crippen molar-refractivity contribution in [3.05, 3.63) is 83.2 Å². The van der Waals surface area contributed by atoms with Gasteiger partial charge in [-0.1, -0.05) is 54.6 Å². The standard InChI is InChI=1S/C27H34N4O4S/c1-22-8-6-7-11-25(22)21-36(33,34)27-28-18-26(31(27)19-24-9-4-3-5-10-24)20-30(23(2)32)13-12-29-14-16-35-17-15-29/h3-11,18H,12-17,19-21H2,1-2H3. The van der Waals surface area contributed by atoms with Gasteiger partial charge in [0.25, 0.3) is 0 Å². The fraction of sp³-hybridized carbons (Fsp3) is 0.407. The minimum absolute atomic E-state index is 0.0290. The molecule has 0 radical (unpaired) electrons. The lowest BCUT2D eigenvalue weighted by Gasteiger charge is -2.29. The topological polar surface area (TPSA) is 84.7 Å². The van der Waals surface area contributed by atoms with E-state index >= 15 is 0 Å². The number of ether oxygens (including phenoxy) is 1. The van der Waals surface area contributed by atoms with Crippen LogP contribution in [0.4, 0.5) is 0 Å². The van der Waals surface area contributed by atoms with Crippen molar-refractivity contribution in [2.75, 3.05) is 39.4 Å². The highest BCUT2D eigenvalue weighted by Gasteiger charge is 2.26. The summed E-state index contributed by atoms with van der Waals surface area (Å²) in [6, 6.07) is 17.2. The maximum absolute atomic E-state index is 13.5. The number of carbonyl (C=O) groups is 1. The van der Waals surface area contributed by atoms with Crippen molar-refractivity contribution >= 4 is 15.7 Å². The average Bonchev–Trinajstić information content (AvgIpc) is 3.27. The molecule has 0 aliphatic carbocycles. The lowest BCUT2D eigenvalue weighted by atomic mass is 10.1. The number of hydrogen-bond acceptors (Lipinski definition) is 6. The van der Waals surface area contributed by atoms with Gasteiger partial charge in [0.05, 0.1) is 43.9 Å². The van der Waals surface area contributed by atoms with Crippen molar-refractivity contribution in [3.8, 4) is 0 Å². The Balaban J connectivity index is 1.61. The molecular formula is C27H34N4O4S. The van der Waals surface area contributed by atoms with Gasteiger partial charge in [-0.3, -0.25) is 9.69 Å². The van der Waals surface area contributed by atoms with E-state index in [0.29, 0.717) is 38.5 Å². The number of sulfone groups is 1. The van der Waals surface area contributed by atoms with Gasteiger partial charge in [-0.05, 0) is 23.6 Å². The molecule has 36 heavy (non-hydrogen) atoms. The van der Waals surface area contributed by atoms with Crippen molar-refractivity contribution in [3.63, 3.8) is 0 Å². The first kappa shape index (κ1) is 26.1. The Labute approximate surface area is 213 Å². The molecule has 0 N–H and O–H groups in total. The predicted molar refractivity (Wildman–Crippen MR) is 138 cm³/mol. The van der Waals surface area contributed by atoms with Crippen LogP contribution in [0.15, 0.2) is 66.0 Å². The number of morpholine rings is 1. The van der Waals surface area contributed by atoms with Crippen LogP contribution in [0, 0.1) is 6.92 Å². The molecule has 8 nitrogen and oxygen atoms in total. The maximum Gasteiger partial charge on any atom is 0.228 e. The van der Waals surface area contributed by atoms with Gasteiger partial charge in [0.1, 0.15) is 0 Å². The second-order valence-electron chi connectivity index (χ2n) is 9.18. The van der Waals surface area contributed by atoms with Crippen LogP contribution in [-0.4, -0.2) is 73.1 Å². The molecule has 9 heteroatoms. The molecule has 1 aliphatic heterocycles. The molecule has 1 saturated heterocycles. The predicted octanol–water partition coefficient (Wildman–Crippen LogP) is 2.89. The number of benzene rings is 2. The van der Waals surface area contributed by atoms with Gasteiger partial charge in [0, 0.05) is 33.1 Å². The highest BCUT2D eigenvalue weighted by Crippen LogP contribution is 2.22. The zero-order valence-corrected chi connectivity index (χ0v) is 21.8. The quantitative estimate of drug-likeness (QED) is 0.417. The molecule has 0 saturated carbocycles. The largest absolute Gasteiger partial charge is 0.379 e. The second kappa shape index (κ2) is 11.8. The molecule has 0 bridgehead atoms. The first-order chi connectivity index (χ1) is 17.3. The molecule has 1 aromatic heterocycles. The van der Waals surface area contributed by atoms with E-state index in [1.165, 1.54) is 0 Å². The molecule has 192 valence electrons. The summed E-state index contributed by atoms with van der Waals surface area (Å²) in [6.07, 6.45) is 1.60. The number of amides is 1. The van der Waals surface area contributed by atoms with Crippen molar-refractivity contribution in [1.29, 1.82) is 0 Å². The summed E-state index contributed by atoms with van der Waals surface area (Å²) in [4.78, 5) is 20.9. The molecule has 0 spiro atoms. The smallest absolute Gasteiger partial charge is 0.228 e. The Kier molecular flexibility index (Phi) is 8.56. The molecular weight excluding hydrogens is 476 g/mol. The van der Waals surface area contributed by atoms with Gasteiger partial charge in [-0.2, -0.15) is 0 Å². The summed E-state index contributed by atoms with van der Waals surface area (Å²) in [5, 5.41) is 0.0290. The van der Waals surface area contributed by atoms with Gasteiger partial charge in [0.2, 0.25) is 20.9 Å². The van der Waals surface area contributed by atoms with E-state index in [1.54, 1.807) is 22.6 Å². The van der Waals surface area contributed by atoms with Crippen molar-refractivity contribution < 1.29 is 17.9 Å². The SMILES string of the molecule is CC(=O)N(CCN1CCOCC1)Cc1cnc(S(=O)(=O)Cc2ccccc2C)n1Cc1ccccc1. The van der Waals surface area contributed by atoms with Gasteiger partial charge < -0.3 is 14.2 Å². The number of hydrogen-bond donors (Lipinski definition) is 0. The number of nitrogens with zero attached hydrogens (tertiary/aromatic N) is 4. The van der Waals surface area contributed by atoms with Crippen LogP contribution in [0.5, 0.6) is 0 Å². The number of aromatic nitrogens is 2. The van der Waals surface area contributed by atoms with Crippen LogP contribution in [0.2, 0.25) is 0 Å². The Bertz CT molecular complexity index is 1270. The van der Waals surface area contributed by atoms with Gasteiger partial charge in [0.15, 0.2) is 0 Å². The normalized spacial score (nSPS) is 14.6. The average molecular weight is 511 g/mol. The monoisotopic (exact) mass is 510 g/mol. The number of rotatable bonds is 10. The molecule has 1 fully saturated rings. The van der Waals surface area contributed by atoms with Crippen LogP contribution < -0.4 is 0 Å². The molecule has 1 aliphatic rings. The molecule has 2 aromatic carbocycles. The molecule has 0 unspecified atom stereocenters. The van der Waals surface area contributed by atoms with Crippen LogP contribution in [0.3, 0.4) is 0 Å². The van der Waals surface area contributed by atoms with Crippen molar-refractivity contribution in [2.45, 2.75) is 37.8 Å². The summed E-state index contributed by atoms with van der Waals surface area (Å²) in [5.41, 5.74) is 3.34. The molecule has 3 aromatic rings. The minimum Gasteiger partial charge on any atom is -0.379 e. The van der Waals surface area contributed by atoms with Gasteiger partial charge in [-0.15, -0.1) is 0 Å². The van der Waals surface area contributed by atoms with Gasteiger partial charge in [-0.25, -0.2) is 13.4 Å². The number of carbonyl (C=O) groups excluding carboxylic acids is 1. The molecule has 1 amide bonds. The van der Waals surface area contributed by atoms with E-state index in [4.69, 9.17) is 4.74 Å². The Morgan fingerprint density at radius 1 is 1.06 bits per heavy atom. The molecule has 4 rings (SSSR count). The third-order valence-corrected chi connectivity index (χ3v) is 8.13. The summed E-state index contributed by atoms with van der Waals surface area (Å²) in [5.74, 6) is -0.182. The maximum atomic E-state index is 13.5. The fourth-order valence-corrected chi connectivity index (χ4v) is 5.97. The summed E-state index contributed by atoms with van der Waals surface area (Å²) < 4.78 is 34.3. The Hall–Kier alpha value is -3.01. The van der Waals surface area contributed by atoms with Crippen LogP contribution in [0.25, 0.3) is 0 Å². The minimum atomic E-state index is -3.72. The zero-order chi connectivity index (χ0) is 25.5. The highest BCUT2D eigenvalue weighted by atomic mass is 32.2. The van der Waals surface area contributed by atoms with Crippen LogP contribution >= 0.6 is 0 Å². The third-order valence-electron chi connectivity index (χ3n) is 6.56. The third kappa shape index (κ3) is 6.60. The van der Waals surface area contributed by atoms with E-state index < -0.39 is 9.84 Å². The van der Waals surface area contributed by atoms with E-state index in [0.717, 1.165) is 36.3 Å². The first-order valence-corrected chi connectivity index (χ1v) is 13.9.